The number of ether oxygens (including phenoxy) is 1. The van der Waals surface area contributed by atoms with Crippen LogP contribution in [0.3, 0.4) is 0 Å². The van der Waals surface area contributed by atoms with Crippen molar-refractivity contribution in [3.8, 4) is 5.75 Å². The second kappa shape index (κ2) is 7.80. The number of amides is 1. The summed E-state index contributed by atoms with van der Waals surface area (Å²) in [7, 11) is 0. The van der Waals surface area contributed by atoms with Crippen LogP contribution >= 0.6 is 24.2 Å². The van der Waals surface area contributed by atoms with Gasteiger partial charge in [-0.15, -0.1) is 12.6 Å². The minimum Gasteiger partial charge on any atom is -0.508 e. The van der Waals surface area contributed by atoms with E-state index in [0.29, 0.717) is 9.92 Å². The molecule has 0 aliphatic carbocycles. The third-order valence-corrected chi connectivity index (χ3v) is 3.52. The molecule has 0 aromatic heterocycles. The largest absolute Gasteiger partial charge is 0.508 e. The highest BCUT2D eigenvalue weighted by Gasteiger charge is 2.23. The normalized spacial score (nSPS) is 14.4. The van der Waals surface area contributed by atoms with E-state index in [1.807, 2.05) is 20.8 Å². The Morgan fingerprint density at radius 3 is 2.33 bits per heavy atom. The van der Waals surface area contributed by atoms with Crippen molar-refractivity contribution in [2.75, 3.05) is 13.1 Å². The van der Waals surface area contributed by atoms with Crippen molar-refractivity contribution in [3.05, 3.63) is 23.2 Å². The molecular formula is C15H22ClNO3S. The van der Waals surface area contributed by atoms with Crippen molar-refractivity contribution in [1.29, 1.82) is 0 Å². The lowest BCUT2D eigenvalue weighted by Crippen LogP contribution is -2.34. The zero-order chi connectivity index (χ0) is 16.0. The van der Waals surface area contributed by atoms with Gasteiger partial charge < -0.3 is 14.7 Å². The summed E-state index contributed by atoms with van der Waals surface area (Å²) >= 11 is 9.58. The molecule has 1 fully saturated rings. The molecule has 0 radical (unpaired) electrons. The average Bonchev–Trinajstić information content (AvgIpc) is 2.87. The third-order valence-electron chi connectivity index (χ3n) is 2.69. The number of benzene rings is 1. The lowest BCUT2D eigenvalue weighted by atomic mass is 10.2. The zero-order valence-electron chi connectivity index (χ0n) is 12.6. The topological polar surface area (TPSA) is 49.8 Å². The van der Waals surface area contributed by atoms with Gasteiger partial charge >= 0.3 is 6.09 Å². The van der Waals surface area contributed by atoms with Crippen LogP contribution < -0.4 is 0 Å². The van der Waals surface area contributed by atoms with Crippen molar-refractivity contribution in [2.45, 2.75) is 44.1 Å². The molecular weight excluding hydrogens is 310 g/mol. The number of rotatable bonds is 0. The maximum absolute atomic E-state index is 11.4. The Morgan fingerprint density at radius 1 is 1.33 bits per heavy atom. The van der Waals surface area contributed by atoms with Crippen molar-refractivity contribution in [2.24, 2.45) is 0 Å². The van der Waals surface area contributed by atoms with Crippen molar-refractivity contribution in [3.63, 3.8) is 0 Å². The standard InChI is InChI=1S/C9H17NO2.C6H5ClOS/c1-9(2,3)12-8(11)10-6-4-5-7-10;7-5-3-4(8)1-2-6(5)9/h4-7H2,1-3H3;1-3,8-9H. The second-order valence-electron chi connectivity index (χ2n) is 5.81. The number of phenolic OH excluding ortho intramolecular Hbond substituents is 1. The van der Waals surface area contributed by atoms with Crippen molar-refractivity contribution in [1.82, 2.24) is 4.90 Å². The van der Waals surface area contributed by atoms with Gasteiger partial charge in [-0.2, -0.15) is 0 Å². The Bertz CT molecular complexity index is 482. The van der Waals surface area contributed by atoms with Crippen molar-refractivity contribution < 1.29 is 14.6 Å². The number of thiol groups is 1. The predicted octanol–water partition coefficient (Wildman–Crippen LogP) is 4.35. The first-order chi connectivity index (χ1) is 9.69. The minimum atomic E-state index is -0.361. The van der Waals surface area contributed by atoms with Gasteiger partial charge in [0.2, 0.25) is 0 Å². The molecule has 0 saturated carbocycles. The first-order valence-corrected chi connectivity index (χ1v) is 7.67. The molecule has 1 aromatic carbocycles. The summed E-state index contributed by atoms with van der Waals surface area (Å²) in [5, 5.41) is 9.29. The van der Waals surface area contributed by atoms with Crippen LogP contribution in [0.5, 0.6) is 5.75 Å². The number of nitrogens with zero attached hydrogens (tertiary/aromatic N) is 1. The summed E-state index contributed by atoms with van der Waals surface area (Å²) < 4.78 is 5.21. The first-order valence-electron chi connectivity index (χ1n) is 6.84. The van der Waals surface area contributed by atoms with Crippen LogP contribution in [0.4, 0.5) is 4.79 Å². The van der Waals surface area contributed by atoms with Crippen LogP contribution in [-0.4, -0.2) is 34.8 Å². The molecule has 2 rings (SSSR count). The highest BCUT2D eigenvalue weighted by Crippen LogP contribution is 2.23. The molecule has 21 heavy (non-hydrogen) atoms. The van der Waals surface area contributed by atoms with E-state index in [2.05, 4.69) is 12.6 Å². The molecule has 1 aromatic rings. The van der Waals surface area contributed by atoms with E-state index in [9.17, 15) is 4.79 Å². The molecule has 0 spiro atoms. The summed E-state index contributed by atoms with van der Waals surface area (Å²) in [6, 6.07) is 4.62. The van der Waals surface area contributed by atoms with Crippen LogP contribution in [0.15, 0.2) is 23.1 Å². The van der Waals surface area contributed by atoms with E-state index >= 15 is 0 Å². The number of aromatic hydroxyl groups is 1. The maximum Gasteiger partial charge on any atom is 0.410 e. The molecule has 6 heteroatoms. The summed E-state index contributed by atoms with van der Waals surface area (Å²) in [4.78, 5) is 13.8. The minimum absolute atomic E-state index is 0.165. The summed E-state index contributed by atoms with van der Waals surface area (Å²) in [6.45, 7) is 7.38. The quantitative estimate of drug-likeness (QED) is 0.695. The Balaban J connectivity index is 0.000000219. The lowest BCUT2D eigenvalue weighted by molar-refractivity contribution is 0.0295. The van der Waals surface area contributed by atoms with Gasteiger partial charge in [0.05, 0.1) is 5.02 Å². The fourth-order valence-electron chi connectivity index (χ4n) is 1.72. The van der Waals surface area contributed by atoms with E-state index in [4.69, 9.17) is 21.4 Å². The number of hydrogen-bond acceptors (Lipinski definition) is 4. The Morgan fingerprint density at radius 2 is 1.90 bits per heavy atom. The van der Waals surface area contributed by atoms with E-state index in [0.717, 1.165) is 25.9 Å². The highest BCUT2D eigenvalue weighted by molar-refractivity contribution is 7.80. The molecule has 1 aliphatic heterocycles. The van der Waals surface area contributed by atoms with Crippen LogP contribution in [-0.2, 0) is 4.74 Å². The highest BCUT2D eigenvalue weighted by atomic mass is 35.5. The number of carbonyl (C=O) groups is 1. The van der Waals surface area contributed by atoms with Gasteiger partial charge in [0, 0.05) is 18.0 Å². The van der Waals surface area contributed by atoms with E-state index in [-0.39, 0.29) is 17.4 Å². The summed E-state index contributed by atoms with van der Waals surface area (Å²) in [5.74, 6) is 0.165. The average molecular weight is 332 g/mol. The molecule has 4 nitrogen and oxygen atoms in total. The van der Waals surface area contributed by atoms with Crippen LogP contribution in [0.2, 0.25) is 5.02 Å². The van der Waals surface area contributed by atoms with Crippen LogP contribution in [0.1, 0.15) is 33.6 Å². The number of hydrogen-bond donors (Lipinski definition) is 2. The maximum atomic E-state index is 11.4. The van der Waals surface area contributed by atoms with Crippen LogP contribution in [0, 0.1) is 0 Å². The number of phenols is 1. The lowest BCUT2D eigenvalue weighted by Gasteiger charge is -2.23. The van der Waals surface area contributed by atoms with E-state index in [1.165, 1.54) is 12.1 Å². The fourth-order valence-corrected chi connectivity index (χ4v) is 2.04. The van der Waals surface area contributed by atoms with Gasteiger partial charge in [0.25, 0.3) is 0 Å². The first kappa shape index (κ1) is 18.0. The molecule has 0 atom stereocenters. The smallest absolute Gasteiger partial charge is 0.410 e. The predicted molar refractivity (Wildman–Crippen MR) is 87.4 cm³/mol. The van der Waals surface area contributed by atoms with Crippen LogP contribution in [0.25, 0.3) is 0 Å². The van der Waals surface area contributed by atoms with Gasteiger partial charge in [-0.05, 0) is 51.8 Å². The van der Waals surface area contributed by atoms with Gasteiger partial charge in [0.15, 0.2) is 0 Å². The monoisotopic (exact) mass is 331 g/mol. The fraction of sp³-hybridized carbons (Fsp3) is 0.533. The number of likely N-dealkylation sites (tertiary alicyclic amines) is 1. The van der Waals surface area contributed by atoms with Gasteiger partial charge in [0.1, 0.15) is 11.4 Å². The van der Waals surface area contributed by atoms with Gasteiger partial charge in [-0.25, -0.2) is 4.79 Å². The Labute approximate surface area is 136 Å². The SMILES string of the molecule is CC(C)(C)OC(=O)N1CCCC1.Oc1ccc(S)c(Cl)c1. The summed E-state index contributed by atoms with van der Waals surface area (Å²) in [5.41, 5.74) is -0.361. The molecule has 1 amide bonds. The number of halogens is 1. The van der Waals surface area contributed by atoms with E-state index < -0.39 is 0 Å². The van der Waals surface area contributed by atoms with Gasteiger partial charge in [-0.3, -0.25) is 0 Å². The molecule has 1 N–H and O–H groups in total. The molecule has 0 unspecified atom stereocenters. The molecule has 0 bridgehead atoms. The second-order valence-corrected chi connectivity index (χ2v) is 6.70. The zero-order valence-corrected chi connectivity index (χ0v) is 14.2. The van der Waals surface area contributed by atoms with E-state index in [1.54, 1.807) is 11.0 Å². The number of carbonyl (C=O) groups excluding carboxylic acids is 1. The Hall–Kier alpha value is -1.07. The molecule has 1 heterocycles. The Kier molecular flexibility index (Phi) is 6.68. The molecule has 1 saturated heterocycles. The summed E-state index contributed by atoms with van der Waals surface area (Å²) in [6.07, 6.45) is 2.05. The molecule has 1 aliphatic rings. The molecule has 118 valence electrons. The van der Waals surface area contributed by atoms with Gasteiger partial charge in [-0.1, -0.05) is 11.6 Å². The third kappa shape index (κ3) is 6.96. The van der Waals surface area contributed by atoms with Crippen molar-refractivity contribution >= 4 is 30.3 Å².